The lowest BCUT2D eigenvalue weighted by molar-refractivity contribution is 0.0747. The second-order valence-corrected chi connectivity index (χ2v) is 1.54. The van der Waals surface area contributed by atoms with E-state index in [1.165, 1.54) is 0 Å². The van der Waals surface area contributed by atoms with Crippen LogP contribution in [0.15, 0.2) is 0 Å². The van der Waals surface area contributed by atoms with Gasteiger partial charge >= 0.3 is 0 Å². The molecule has 1 radical (unpaired) electrons. The Morgan fingerprint density at radius 1 is 1.71 bits per heavy atom. The van der Waals surface area contributed by atoms with E-state index in [0.717, 1.165) is 0 Å². The molecule has 0 bridgehead atoms. The standard InChI is InChI=1S/C5H11O2/c1-5(7-2)3-4-6/h5H,3-4H2,1-2H3. The van der Waals surface area contributed by atoms with E-state index in [1.807, 2.05) is 6.92 Å². The summed E-state index contributed by atoms with van der Waals surface area (Å²) >= 11 is 0. The summed E-state index contributed by atoms with van der Waals surface area (Å²) in [5.74, 6) is 0. The quantitative estimate of drug-likeness (QED) is 0.520. The average molecular weight is 103 g/mol. The van der Waals surface area contributed by atoms with Gasteiger partial charge < -0.3 is 4.74 Å². The molecular formula is C5H11O2. The van der Waals surface area contributed by atoms with Crippen LogP contribution < -0.4 is 0 Å². The normalized spacial score (nSPS) is 14.1. The monoisotopic (exact) mass is 103 g/mol. The fourth-order valence-corrected chi connectivity index (χ4v) is 0.284. The predicted octanol–water partition coefficient (Wildman–Crippen LogP) is 0.842. The molecule has 0 saturated carbocycles. The smallest absolute Gasteiger partial charge is 0.0846 e. The van der Waals surface area contributed by atoms with Crippen molar-refractivity contribution in [1.82, 2.24) is 0 Å². The molecule has 0 N–H and O–H groups in total. The Labute approximate surface area is 44.1 Å². The first-order chi connectivity index (χ1) is 3.31. The van der Waals surface area contributed by atoms with Crippen molar-refractivity contribution in [3.8, 4) is 0 Å². The molecule has 0 saturated heterocycles. The van der Waals surface area contributed by atoms with E-state index in [4.69, 9.17) is 4.74 Å². The molecule has 0 heterocycles. The number of hydrogen-bond donors (Lipinski definition) is 0. The van der Waals surface area contributed by atoms with Crippen molar-refractivity contribution >= 4 is 0 Å². The van der Waals surface area contributed by atoms with E-state index in [-0.39, 0.29) is 12.7 Å². The van der Waals surface area contributed by atoms with Gasteiger partial charge in [-0.2, -0.15) is 0 Å². The second-order valence-electron chi connectivity index (χ2n) is 1.54. The maximum absolute atomic E-state index is 9.82. The molecule has 0 aromatic heterocycles. The van der Waals surface area contributed by atoms with Gasteiger partial charge in [0.15, 0.2) is 0 Å². The number of methoxy groups -OCH3 is 1. The zero-order chi connectivity index (χ0) is 5.70. The van der Waals surface area contributed by atoms with Gasteiger partial charge in [-0.3, -0.25) is 0 Å². The molecule has 1 atom stereocenters. The number of rotatable bonds is 3. The molecule has 43 valence electrons. The topological polar surface area (TPSA) is 29.1 Å². The highest BCUT2D eigenvalue weighted by Crippen LogP contribution is 1.91. The van der Waals surface area contributed by atoms with Crippen molar-refractivity contribution in [3.63, 3.8) is 0 Å². The lowest BCUT2D eigenvalue weighted by atomic mass is 10.3. The average Bonchev–Trinajstić information content (AvgIpc) is 1.68. The molecule has 0 spiro atoms. The lowest BCUT2D eigenvalue weighted by Gasteiger charge is -2.03. The number of ether oxygens (including phenoxy) is 1. The lowest BCUT2D eigenvalue weighted by Crippen LogP contribution is -2.05. The molecule has 0 aliphatic rings. The van der Waals surface area contributed by atoms with E-state index < -0.39 is 0 Å². The van der Waals surface area contributed by atoms with E-state index >= 15 is 0 Å². The Hall–Kier alpha value is -0.0800. The SMILES string of the molecule is COC(C)CC[O]. The molecular weight excluding hydrogens is 92.1 g/mol. The zero-order valence-electron chi connectivity index (χ0n) is 4.81. The van der Waals surface area contributed by atoms with Crippen molar-refractivity contribution in [2.45, 2.75) is 19.4 Å². The summed E-state index contributed by atoms with van der Waals surface area (Å²) in [5.41, 5.74) is 0. The zero-order valence-corrected chi connectivity index (χ0v) is 4.81. The van der Waals surface area contributed by atoms with Gasteiger partial charge in [0, 0.05) is 7.11 Å². The minimum atomic E-state index is -0.0327. The molecule has 0 aliphatic heterocycles. The van der Waals surface area contributed by atoms with E-state index in [2.05, 4.69) is 0 Å². The van der Waals surface area contributed by atoms with Crippen LogP contribution >= 0.6 is 0 Å². The minimum Gasteiger partial charge on any atom is -0.382 e. The summed E-state index contributed by atoms with van der Waals surface area (Å²) < 4.78 is 4.79. The van der Waals surface area contributed by atoms with E-state index in [9.17, 15) is 5.11 Å². The summed E-state index contributed by atoms with van der Waals surface area (Å²) in [5, 5.41) is 9.82. The Kier molecular flexibility index (Phi) is 4.04. The summed E-state index contributed by atoms with van der Waals surface area (Å²) in [7, 11) is 1.61. The Balaban J connectivity index is 2.83. The van der Waals surface area contributed by atoms with Crippen LogP contribution in [-0.2, 0) is 9.84 Å². The van der Waals surface area contributed by atoms with Gasteiger partial charge in [0.2, 0.25) is 0 Å². The van der Waals surface area contributed by atoms with Crippen molar-refractivity contribution in [1.29, 1.82) is 0 Å². The van der Waals surface area contributed by atoms with Crippen LogP contribution in [0.1, 0.15) is 13.3 Å². The third-order valence-corrected chi connectivity index (χ3v) is 0.927. The van der Waals surface area contributed by atoms with Gasteiger partial charge in [-0.1, -0.05) is 0 Å². The first-order valence-corrected chi connectivity index (χ1v) is 2.42. The molecule has 0 aromatic rings. The highest BCUT2D eigenvalue weighted by atomic mass is 16.5. The minimum absolute atomic E-state index is 0.0327. The molecule has 0 aliphatic carbocycles. The van der Waals surface area contributed by atoms with E-state index in [0.29, 0.717) is 6.42 Å². The Morgan fingerprint density at radius 3 is 2.43 bits per heavy atom. The highest BCUT2D eigenvalue weighted by Gasteiger charge is 1.94. The summed E-state index contributed by atoms with van der Waals surface area (Å²) in [6.07, 6.45) is 0.758. The Bertz CT molecular complexity index is 37.1. The first kappa shape index (κ1) is 6.92. The third kappa shape index (κ3) is 3.76. The van der Waals surface area contributed by atoms with Crippen LogP contribution in [0.25, 0.3) is 0 Å². The van der Waals surface area contributed by atoms with Gasteiger partial charge in [0.1, 0.15) is 0 Å². The summed E-state index contributed by atoms with van der Waals surface area (Å²) in [4.78, 5) is 0. The summed E-state index contributed by atoms with van der Waals surface area (Å²) in [6.45, 7) is 1.85. The Morgan fingerprint density at radius 2 is 2.29 bits per heavy atom. The molecule has 7 heavy (non-hydrogen) atoms. The van der Waals surface area contributed by atoms with Crippen LogP contribution in [0.2, 0.25) is 0 Å². The number of hydrogen-bond acceptors (Lipinski definition) is 1. The summed E-state index contributed by atoms with van der Waals surface area (Å²) in [6, 6.07) is 0. The van der Waals surface area contributed by atoms with Crippen LogP contribution in [0.5, 0.6) is 0 Å². The van der Waals surface area contributed by atoms with Crippen LogP contribution in [0, 0.1) is 0 Å². The fourth-order valence-electron chi connectivity index (χ4n) is 0.284. The fraction of sp³-hybridized carbons (Fsp3) is 1.00. The van der Waals surface area contributed by atoms with Crippen molar-refractivity contribution < 1.29 is 9.84 Å². The second kappa shape index (κ2) is 4.09. The van der Waals surface area contributed by atoms with Gasteiger partial charge in [0.05, 0.1) is 12.7 Å². The van der Waals surface area contributed by atoms with Crippen molar-refractivity contribution in [3.05, 3.63) is 0 Å². The van der Waals surface area contributed by atoms with Crippen LogP contribution in [0.3, 0.4) is 0 Å². The molecule has 0 fully saturated rings. The predicted molar refractivity (Wildman–Crippen MR) is 26.6 cm³/mol. The third-order valence-electron chi connectivity index (χ3n) is 0.927. The van der Waals surface area contributed by atoms with Crippen molar-refractivity contribution in [2.24, 2.45) is 0 Å². The first-order valence-electron chi connectivity index (χ1n) is 2.42. The molecule has 0 rings (SSSR count). The molecule has 2 nitrogen and oxygen atoms in total. The molecule has 2 heteroatoms. The molecule has 0 amide bonds. The largest absolute Gasteiger partial charge is 0.382 e. The highest BCUT2D eigenvalue weighted by molar-refractivity contribution is 4.43. The maximum atomic E-state index is 9.82. The molecule has 1 unspecified atom stereocenters. The molecule has 0 aromatic carbocycles. The van der Waals surface area contributed by atoms with Gasteiger partial charge in [-0.05, 0) is 13.3 Å². The van der Waals surface area contributed by atoms with E-state index in [1.54, 1.807) is 7.11 Å². The van der Waals surface area contributed by atoms with Crippen LogP contribution in [0.4, 0.5) is 0 Å². The van der Waals surface area contributed by atoms with Crippen LogP contribution in [-0.4, -0.2) is 19.8 Å². The van der Waals surface area contributed by atoms with Gasteiger partial charge in [0.25, 0.3) is 0 Å². The van der Waals surface area contributed by atoms with Gasteiger partial charge in [-0.15, -0.1) is 0 Å². The maximum Gasteiger partial charge on any atom is 0.0846 e. The van der Waals surface area contributed by atoms with Crippen molar-refractivity contribution in [2.75, 3.05) is 13.7 Å². The van der Waals surface area contributed by atoms with Gasteiger partial charge in [-0.25, -0.2) is 5.11 Å².